The molecule has 31 heavy (non-hydrogen) atoms. The number of benzene rings is 2. The Bertz CT molecular complexity index is 1170. The minimum atomic E-state index is -3.52. The topological polar surface area (TPSA) is 97.2 Å². The number of aromatic nitrogens is 3. The van der Waals surface area contributed by atoms with E-state index in [1.807, 2.05) is 12.1 Å². The Morgan fingerprint density at radius 1 is 1.06 bits per heavy atom. The lowest BCUT2D eigenvalue weighted by molar-refractivity contribution is -0.121. The molecule has 8 nitrogen and oxygen atoms in total. The van der Waals surface area contributed by atoms with Gasteiger partial charge in [0.15, 0.2) is 0 Å². The van der Waals surface area contributed by atoms with Gasteiger partial charge in [0.2, 0.25) is 15.9 Å². The summed E-state index contributed by atoms with van der Waals surface area (Å²) >= 11 is 5.86. The Labute approximate surface area is 186 Å². The molecule has 164 valence electrons. The molecule has 1 saturated heterocycles. The summed E-state index contributed by atoms with van der Waals surface area (Å²) in [5.74, 6) is -0.108. The minimum absolute atomic E-state index is 0.108. The smallest absolute Gasteiger partial charge is 0.243 e. The summed E-state index contributed by atoms with van der Waals surface area (Å²) in [7, 11) is -3.52. The molecule has 1 fully saturated rings. The summed E-state index contributed by atoms with van der Waals surface area (Å²) in [6.07, 6.45) is 3.07. The van der Waals surface area contributed by atoms with Crippen LogP contribution in [0.3, 0.4) is 0 Å². The van der Waals surface area contributed by atoms with Crippen LogP contribution < -0.4 is 5.32 Å². The number of sulfonamides is 1. The first kappa shape index (κ1) is 21.7. The van der Waals surface area contributed by atoms with Gasteiger partial charge >= 0.3 is 0 Å². The second-order valence-electron chi connectivity index (χ2n) is 7.58. The summed E-state index contributed by atoms with van der Waals surface area (Å²) < 4.78 is 28.9. The predicted octanol–water partition coefficient (Wildman–Crippen LogP) is 2.97. The minimum Gasteiger partial charge on any atom is -0.352 e. The molecule has 0 unspecified atom stereocenters. The Balaban J connectivity index is 1.39. The normalized spacial score (nSPS) is 15.3. The molecule has 2 heterocycles. The number of hydrogen-bond donors (Lipinski definition) is 1. The Morgan fingerprint density at radius 3 is 2.55 bits per heavy atom. The van der Waals surface area contributed by atoms with E-state index < -0.39 is 10.0 Å². The molecule has 4 rings (SSSR count). The molecule has 2 aromatic carbocycles. The maximum Gasteiger partial charge on any atom is 0.243 e. The summed E-state index contributed by atoms with van der Waals surface area (Å²) in [5.41, 5.74) is 2.16. The molecule has 1 aliphatic heterocycles. The number of carbonyl (C=O) groups is 1. The van der Waals surface area contributed by atoms with Crippen molar-refractivity contribution in [2.24, 2.45) is 0 Å². The average molecular weight is 462 g/mol. The fourth-order valence-corrected chi connectivity index (χ4v) is 5.29. The number of nitrogens with one attached hydrogen (secondary N) is 1. The van der Waals surface area contributed by atoms with Gasteiger partial charge in [0.1, 0.15) is 5.52 Å². The first-order valence-corrected chi connectivity index (χ1v) is 12.1. The number of halogens is 1. The van der Waals surface area contributed by atoms with Crippen LogP contribution in [0.1, 0.15) is 31.2 Å². The van der Waals surface area contributed by atoms with Gasteiger partial charge in [-0.3, -0.25) is 4.79 Å². The van der Waals surface area contributed by atoms with Crippen LogP contribution in [0.5, 0.6) is 0 Å². The van der Waals surface area contributed by atoms with Gasteiger partial charge in [-0.15, -0.1) is 5.10 Å². The van der Waals surface area contributed by atoms with Crippen LogP contribution in [0.2, 0.25) is 5.02 Å². The lowest BCUT2D eigenvalue weighted by Gasteiger charge is -2.25. The van der Waals surface area contributed by atoms with Gasteiger partial charge in [-0.25, -0.2) is 13.1 Å². The van der Waals surface area contributed by atoms with Gasteiger partial charge in [0, 0.05) is 31.1 Å². The number of amides is 1. The third-order valence-corrected chi connectivity index (χ3v) is 7.54. The Hall–Kier alpha value is -2.49. The van der Waals surface area contributed by atoms with Crippen LogP contribution in [0, 0.1) is 0 Å². The van der Waals surface area contributed by atoms with Gasteiger partial charge in [-0.05, 0) is 48.7 Å². The van der Waals surface area contributed by atoms with Gasteiger partial charge in [0.25, 0.3) is 0 Å². The van der Waals surface area contributed by atoms with E-state index in [1.54, 1.807) is 35.0 Å². The van der Waals surface area contributed by atoms with Crippen LogP contribution in [0.4, 0.5) is 0 Å². The molecule has 0 aliphatic carbocycles. The molecule has 0 bridgehead atoms. The third kappa shape index (κ3) is 5.06. The molecule has 1 amide bonds. The van der Waals surface area contributed by atoms with Crippen LogP contribution in [-0.4, -0.2) is 46.7 Å². The Morgan fingerprint density at radius 2 is 1.81 bits per heavy atom. The van der Waals surface area contributed by atoms with Crippen LogP contribution in [-0.2, 0) is 27.9 Å². The monoisotopic (exact) mass is 461 g/mol. The second kappa shape index (κ2) is 9.33. The molecule has 0 saturated carbocycles. The zero-order valence-electron chi connectivity index (χ0n) is 17.0. The molecule has 10 heteroatoms. The van der Waals surface area contributed by atoms with Crippen molar-refractivity contribution in [3.63, 3.8) is 0 Å². The maximum absolute atomic E-state index is 12.9. The standard InChI is InChI=1S/C21H24ClN5O3S/c22-17-6-4-16(5-7-17)15-23-21(28)10-13-27-20-9-8-18(14-19(20)24-25-27)31(29,30)26-11-2-1-3-12-26/h4-9,14H,1-3,10-13,15H2,(H,23,28). The summed E-state index contributed by atoms with van der Waals surface area (Å²) in [6.45, 7) is 1.88. The van der Waals surface area contributed by atoms with Gasteiger partial charge in [-0.1, -0.05) is 35.4 Å². The highest BCUT2D eigenvalue weighted by Gasteiger charge is 2.26. The number of nitrogens with zero attached hydrogens (tertiary/aromatic N) is 4. The van der Waals surface area contributed by atoms with E-state index in [0.717, 1.165) is 24.8 Å². The van der Waals surface area contributed by atoms with Crippen LogP contribution in [0.15, 0.2) is 47.4 Å². The van der Waals surface area contributed by atoms with Crippen molar-refractivity contribution < 1.29 is 13.2 Å². The number of aryl methyl sites for hydroxylation is 1. The SMILES string of the molecule is O=C(CCn1nnc2cc(S(=O)(=O)N3CCCCC3)ccc21)NCc1ccc(Cl)cc1. The van der Waals surface area contributed by atoms with Gasteiger partial charge in [-0.2, -0.15) is 4.31 Å². The zero-order chi connectivity index (χ0) is 21.8. The molecule has 1 N–H and O–H groups in total. The number of rotatable bonds is 7. The lowest BCUT2D eigenvalue weighted by atomic mass is 10.2. The molecular formula is C21H24ClN5O3S. The predicted molar refractivity (Wildman–Crippen MR) is 118 cm³/mol. The van der Waals surface area contributed by atoms with Crippen LogP contribution >= 0.6 is 11.6 Å². The van der Waals surface area contributed by atoms with Crippen molar-refractivity contribution in [1.82, 2.24) is 24.6 Å². The van der Waals surface area contributed by atoms with Crippen molar-refractivity contribution in [3.8, 4) is 0 Å². The lowest BCUT2D eigenvalue weighted by Crippen LogP contribution is -2.35. The van der Waals surface area contributed by atoms with Crippen LogP contribution in [0.25, 0.3) is 11.0 Å². The average Bonchev–Trinajstić information content (AvgIpc) is 3.20. The fraction of sp³-hybridized carbons (Fsp3) is 0.381. The summed E-state index contributed by atoms with van der Waals surface area (Å²) in [4.78, 5) is 12.4. The van der Waals surface area contributed by atoms with Crippen molar-refractivity contribution in [2.75, 3.05) is 13.1 Å². The number of piperidine rings is 1. The van der Waals surface area contributed by atoms with Gasteiger partial charge in [0.05, 0.1) is 17.0 Å². The molecule has 0 radical (unpaired) electrons. The molecule has 0 spiro atoms. The van der Waals surface area contributed by atoms with E-state index in [9.17, 15) is 13.2 Å². The highest BCUT2D eigenvalue weighted by atomic mass is 35.5. The van der Waals surface area contributed by atoms with E-state index in [0.29, 0.717) is 42.2 Å². The van der Waals surface area contributed by atoms with Crippen molar-refractivity contribution in [2.45, 2.75) is 43.7 Å². The summed E-state index contributed by atoms with van der Waals surface area (Å²) in [6, 6.07) is 12.1. The number of carbonyl (C=O) groups excluding carboxylic acids is 1. The first-order valence-electron chi connectivity index (χ1n) is 10.3. The number of fused-ring (bicyclic) bond motifs is 1. The van der Waals surface area contributed by atoms with Crippen molar-refractivity contribution in [3.05, 3.63) is 53.1 Å². The highest BCUT2D eigenvalue weighted by molar-refractivity contribution is 7.89. The molecule has 3 aromatic rings. The molecule has 1 aromatic heterocycles. The maximum atomic E-state index is 12.9. The zero-order valence-corrected chi connectivity index (χ0v) is 18.6. The van der Waals surface area contributed by atoms with E-state index in [1.165, 1.54) is 4.31 Å². The summed E-state index contributed by atoms with van der Waals surface area (Å²) in [5, 5.41) is 11.7. The van der Waals surface area contributed by atoms with E-state index in [2.05, 4.69) is 15.6 Å². The third-order valence-electron chi connectivity index (χ3n) is 5.39. The first-order chi connectivity index (χ1) is 14.9. The van der Waals surface area contributed by atoms with Crippen molar-refractivity contribution in [1.29, 1.82) is 0 Å². The second-order valence-corrected chi connectivity index (χ2v) is 9.96. The molecule has 0 atom stereocenters. The Kier molecular flexibility index (Phi) is 6.54. The van der Waals surface area contributed by atoms with E-state index in [4.69, 9.17) is 11.6 Å². The highest BCUT2D eigenvalue weighted by Crippen LogP contribution is 2.23. The van der Waals surface area contributed by atoms with Gasteiger partial charge < -0.3 is 5.32 Å². The molecule has 1 aliphatic rings. The molecular weight excluding hydrogens is 438 g/mol. The largest absolute Gasteiger partial charge is 0.352 e. The quantitative estimate of drug-likeness (QED) is 0.583. The van der Waals surface area contributed by atoms with E-state index in [-0.39, 0.29) is 17.2 Å². The fourth-order valence-electron chi connectivity index (χ4n) is 3.63. The van der Waals surface area contributed by atoms with Crippen molar-refractivity contribution >= 4 is 38.6 Å². The number of hydrogen-bond acceptors (Lipinski definition) is 5. The van der Waals surface area contributed by atoms with E-state index >= 15 is 0 Å².